The summed E-state index contributed by atoms with van der Waals surface area (Å²) in [5, 5.41) is 7.98. The van der Waals surface area contributed by atoms with Crippen molar-refractivity contribution in [3.05, 3.63) is 51.8 Å². The van der Waals surface area contributed by atoms with E-state index in [0.29, 0.717) is 10.0 Å². The minimum Gasteiger partial charge on any atom is -0.307 e. The highest BCUT2D eigenvalue weighted by Crippen LogP contribution is 2.34. The molecule has 0 aliphatic heterocycles. The van der Waals surface area contributed by atoms with E-state index >= 15 is 0 Å². The number of benzene rings is 2. The first-order chi connectivity index (χ1) is 12.1. The summed E-state index contributed by atoms with van der Waals surface area (Å²) in [4.78, 5) is 10.5. The lowest BCUT2D eigenvalue weighted by molar-refractivity contribution is 1.36. The molecule has 3 nitrogen and oxygen atoms in total. The van der Waals surface area contributed by atoms with Crippen molar-refractivity contribution in [1.29, 1.82) is 0 Å². The molecule has 2 aromatic carbocycles. The third-order valence-corrected chi connectivity index (χ3v) is 6.68. The molecule has 25 heavy (non-hydrogen) atoms. The van der Waals surface area contributed by atoms with Gasteiger partial charge in [-0.2, -0.15) is 0 Å². The molecule has 0 unspecified atom stereocenters. The quantitative estimate of drug-likeness (QED) is 0.352. The van der Waals surface area contributed by atoms with Crippen LogP contribution in [0.2, 0.25) is 10.0 Å². The van der Waals surface area contributed by atoms with Gasteiger partial charge in [-0.15, -0.1) is 23.1 Å². The molecule has 4 rings (SSSR count). The SMILES string of the molecule is CSc1ccc2nc(Nc3nc(-c4ccc(Cl)c(Cl)c4)cs3)sc2c1. The number of halogens is 2. The first-order valence-corrected chi connectivity index (χ1v) is 10.9. The average molecular weight is 424 g/mol. The molecule has 0 bridgehead atoms. The molecule has 0 saturated carbocycles. The molecule has 126 valence electrons. The van der Waals surface area contributed by atoms with Gasteiger partial charge in [-0.3, -0.25) is 0 Å². The Hall–Kier alpha value is -1.31. The Morgan fingerprint density at radius 3 is 2.68 bits per heavy atom. The Morgan fingerprint density at radius 2 is 1.88 bits per heavy atom. The van der Waals surface area contributed by atoms with Gasteiger partial charge < -0.3 is 5.32 Å². The van der Waals surface area contributed by atoms with Crippen molar-refractivity contribution in [2.75, 3.05) is 11.6 Å². The molecule has 0 saturated heterocycles. The molecule has 4 aromatic rings. The van der Waals surface area contributed by atoms with Gasteiger partial charge in [0, 0.05) is 15.8 Å². The third-order valence-electron chi connectivity index (χ3n) is 3.53. The zero-order valence-corrected chi connectivity index (χ0v) is 16.9. The van der Waals surface area contributed by atoms with Crippen molar-refractivity contribution in [1.82, 2.24) is 9.97 Å². The van der Waals surface area contributed by atoms with Crippen LogP contribution < -0.4 is 5.32 Å². The number of fused-ring (bicyclic) bond motifs is 1. The van der Waals surface area contributed by atoms with Crippen molar-refractivity contribution >= 4 is 78.1 Å². The molecule has 2 aromatic heterocycles. The zero-order valence-electron chi connectivity index (χ0n) is 12.9. The molecule has 0 radical (unpaired) electrons. The summed E-state index contributed by atoms with van der Waals surface area (Å²) in [6.45, 7) is 0. The number of nitrogens with one attached hydrogen (secondary N) is 1. The second-order valence-electron chi connectivity index (χ2n) is 5.14. The first-order valence-electron chi connectivity index (χ1n) is 7.25. The lowest BCUT2D eigenvalue weighted by atomic mass is 10.2. The van der Waals surface area contributed by atoms with Gasteiger partial charge in [0.2, 0.25) is 0 Å². The number of aromatic nitrogens is 2. The van der Waals surface area contributed by atoms with E-state index in [1.807, 2.05) is 23.6 Å². The van der Waals surface area contributed by atoms with Crippen molar-refractivity contribution in [2.24, 2.45) is 0 Å². The highest BCUT2D eigenvalue weighted by atomic mass is 35.5. The molecular formula is C17H11Cl2N3S3. The van der Waals surface area contributed by atoms with Crippen molar-refractivity contribution in [3.63, 3.8) is 0 Å². The predicted octanol–water partition coefficient (Wildman–Crippen LogP) is 7.19. The first kappa shape index (κ1) is 17.1. The smallest absolute Gasteiger partial charge is 0.190 e. The van der Waals surface area contributed by atoms with Crippen LogP contribution in [0.4, 0.5) is 10.3 Å². The van der Waals surface area contributed by atoms with Gasteiger partial charge in [-0.25, -0.2) is 9.97 Å². The molecule has 0 amide bonds. The molecule has 1 N–H and O–H groups in total. The van der Waals surface area contributed by atoms with Crippen LogP contribution in [0.3, 0.4) is 0 Å². The second-order valence-corrected chi connectivity index (χ2v) is 8.73. The number of nitrogens with zero attached hydrogens (tertiary/aromatic N) is 2. The van der Waals surface area contributed by atoms with Gasteiger partial charge >= 0.3 is 0 Å². The lowest BCUT2D eigenvalue weighted by Crippen LogP contribution is -1.88. The fraction of sp³-hybridized carbons (Fsp3) is 0.0588. The van der Waals surface area contributed by atoms with Gasteiger partial charge in [0.15, 0.2) is 10.3 Å². The predicted molar refractivity (Wildman–Crippen MR) is 112 cm³/mol. The molecule has 0 fully saturated rings. The summed E-state index contributed by atoms with van der Waals surface area (Å²) in [5.41, 5.74) is 2.79. The minimum atomic E-state index is 0.525. The fourth-order valence-corrected chi connectivity index (χ4v) is 4.80. The minimum absolute atomic E-state index is 0.525. The maximum atomic E-state index is 6.09. The third kappa shape index (κ3) is 3.64. The number of rotatable bonds is 4. The Morgan fingerprint density at radius 1 is 1.00 bits per heavy atom. The zero-order chi connectivity index (χ0) is 17.4. The highest BCUT2D eigenvalue weighted by Gasteiger charge is 2.10. The largest absolute Gasteiger partial charge is 0.307 e. The van der Waals surface area contributed by atoms with Crippen LogP contribution in [0.25, 0.3) is 21.5 Å². The number of thiazole rings is 2. The molecule has 0 atom stereocenters. The molecule has 0 spiro atoms. The van der Waals surface area contributed by atoms with Crippen molar-refractivity contribution in [2.45, 2.75) is 4.90 Å². The molecule has 0 aliphatic rings. The van der Waals surface area contributed by atoms with Crippen LogP contribution in [0.1, 0.15) is 0 Å². The van der Waals surface area contributed by atoms with Crippen LogP contribution in [0.15, 0.2) is 46.7 Å². The number of anilines is 2. The van der Waals surface area contributed by atoms with Gasteiger partial charge in [-0.05, 0) is 36.6 Å². The molecule has 0 aliphatic carbocycles. The average Bonchev–Trinajstić information content (AvgIpc) is 3.23. The Labute approximate surface area is 167 Å². The highest BCUT2D eigenvalue weighted by molar-refractivity contribution is 7.98. The summed E-state index contributed by atoms with van der Waals surface area (Å²) in [5.74, 6) is 0. The van der Waals surface area contributed by atoms with Crippen LogP contribution in [0.5, 0.6) is 0 Å². The summed E-state index contributed by atoms with van der Waals surface area (Å²) in [7, 11) is 0. The summed E-state index contributed by atoms with van der Waals surface area (Å²) < 4.78 is 1.16. The topological polar surface area (TPSA) is 37.8 Å². The Kier molecular flexibility index (Phi) is 4.88. The number of hydrogen-bond donors (Lipinski definition) is 1. The van der Waals surface area contributed by atoms with Crippen LogP contribution in [0, 0.1) is 0 Å². The number of thioether (sulfide) groups is 1. The normalized spacial score (nSPS) is 11.2. The summed E-state index contributed by atoms with van der Waals surface area (Å²) >= 11 is 16.9. The van der Waals surface area contributed by atoms with Gasteiger partial charge in [0.1, 0.15) is 0 Å². The molecule has 8 heteroatoms. The van der Waals surface area contributed by atoms with Crippen molar-refractivity contribution < 1.29 is 0 Å². The van der Waals surface area contributed by atoms with E-state index in [2.05, 4.69) is 33.7 Å². The summed E-state index contributed by atoms with van der Waals surface area (Å²) in [6.07, 6.45) is 2.07. The van der Waals surface area contributed by atoms with E-state index in [-0.39, 0.29) is 0 Å². The van der Waals surface area contributed by atoms with Gasteiger partial charge in [0.25, 0.3) is 0 Å². The van der Waals surface area contributed by atoms with E-state index < -0.39 is 0 Å². The van der Waals surface area contributed by atoms with Gasteiger partial charge in [-0.1, -0.05) is 40.6 Å². The summed E-state index contributed by atoms with van der Waals surface area (Å²) in [6, 6.07) is 11.8. The fourth-order valence-electron chi connectivity index (χ4n) is 2.30. The Bertz CT molecular complexity index is 1060. The number of hydrogen-bond acceptors (Lipinski definition) is 6. The van der Waals surface area contributed by atoms with Crippen LogP contribution in [-0.4, -0.2) is 16.2 Å². The second kappa shape index (κ2) is 7.13. The van der Waals surface area contributed by atoms with E-state index in [9.17, 15) is 0 Å². The maximum absolute atomic E-state index is 6.09. The molecular weight excluding hydrogens is 413 g/mol. The monoisotopic (exact) mass is 423 g/mol. The standard InChI is InChI=1S/C17H11Cl2N3S3/c1-23-10-3-5-13-15(7-10)25-17(20-13)22-16-21-14(8-24-16)9-2-4-11(18)12(19)6-9/h2-8H,1H3,(H,20,21,22). The van der Waals surface area contributed by atoms with Gasteiger partial charge in [0.05, 0.1) is 26.0 Å². The molecule has 2 heterocycles. The maximum Gasteiger partial charge on any atom is 0.190 e. The van der Waals surface area contributed by atoms with Crippen LogP contribution >= 0.6 is 57.6 Å². The van der Waals surface area contributed by atoms with E-state index in [1.54, 1.807) is 29.2 Å². The van der Waals surface area contributed by atoms with E-state index in [4.69, 9.17) is 23.2 Å². The van der Waals surface area contributed by atoms with E-state index in [0.717, 1.165) is 31.7 Å². The van der Waals surface area contributed by atoms with Crippen LogP contribution in [-0.2, 0) is 0 Å². The van der Waals surface area contributed by atoms with E-state index in [1.165, 1.54) is 16.2 Å². The lowest BCUT2D eigenvalue weighted by Gasteiger charge is -1.99. The van der Waals surface area contributed by atoms with Crippen molar-refractivity contribution in [3.8, 4) is 11.3 Å². The Balaban J connectivity index is 1.59.